The molecule has 2 atom stereocenters. The van der Waals surface area contributed by atoms with Gasteiger partial charge in [0.25, 0.3) is 10.2 Å². The van der Waals surface area contributed by atoms with Gasteiger partial charge >= 0.3 is 5.97 Å². The van der Waals surface area contributed by atoms with Gasteiger partial charge in [-0.05, 0) is 23.4 Å². The Morgan fingerprint density at radius 2 is 2.20 bits per heavy atom. The summed E-state index contributed by atoms with van der Waals surface area (Å²) in [6.07, 6.45) is 1.80. The molecule has 1 heterocycles. The molecule has 1 aromatic carbocycles. The molecule has 1 aliphatic heterocycles. The van der Waals surface area contributed by atoms with E-state index in [1.165, 1.54) is 6.08 Å². The van der Waals surface area contributed by atoms with Crippen molar-refractivity contribution in [2.45, 2.75) is 18.6 Å². The first kappa shape index (κ1) is 18.9. The lowest BCUT2D eigenvalue weighted by Crippen LogP contribution is -2.46. The number of hydrogen-bond acceptors (Lipinski definition) is 5. The molecular weight excluding hydrogens is 346 g/mol. The highest BCUT2D eigenvalue weighted by Crippen LogP contribution is 2.36. The lowest BCUT2D eigenvalue weighted by molar-refractivity contribution is -0.152. The van der Waals surface area contributed by atoms with Crippen LogP contribution in [0.2, 0.25) is 0 Å². The smallest absolute Gasteiger partial charge is 0.320 e. The predicted molar refractivity (Wildman–Crippen MR) is 91.1 cm³/mol. The fourth-order valence-electron chi connectivity index (χ4n) is 2.84. The molecule has 1 aliphatic rings. The molecule has 0 amide bonds. The van der Waals surface area contributed by atoms with Crippen molar-refractivity contribution < 1.29 is 17.9 Å². The van der Waals surface area contributed by atoms with E-state index in [2.05, 4.69) is 16.6 Å². The van der Waals surface area contributed by atoms with Crippen LogP contribution in [0.4, 0.5) is 0 Å². The summed E-state index contributed by atoms with van der Waals surface area (Å²) in [4.78, 5) is 15.4. The van der Waals surface area contributed by atoms with E-state index >= 15 is 0 Å². The highest BCUT2D eigenvalue weighted by Gasteiger charge is 2.54. The van der Waals surface area contributed by atoms with E-state index in [0.29, 0.717) is 0 Å². The third-order valence-electron chi connectivity index (χ3n) is 4.12. The van der Waals surface area contributed by atoms with Crippen LogP contribution in [-0.2, 0) is 26.3 Å². The number of rotatable bonds is 7. The maximum Gasteiger partial charge on any atom is 0.320 e. The van der Waals surface area contributed by atoms with Gasteiger partial charge in [0.1, 0.15) is 6.61 Å². The van der Waals surface area contributed by atoms with E-state index in [-0.39, 0.29) is 26.1 Å². The summed E-state index contributed by atoms with van der Waals surface area (Å²) in [6.45, 7) is 3.18. The number of carbonyl (C=O) groups is 1. The van der Waals surface area contributed by atoms with E-state index < -0.39 is 27.6 Å². The van der Waals surface area contributed by atoms with Gasteiger partial charge in [0, 0.05) is 18.0 Å². The van der Waals surface area contributed by atoms with Crippen molar-refractivity contribution in [1.82, 2.24) is 4.31 Å². The monoisotopic (exact) mass is 365 g/mol. The van der Waals surface area contributed by atoms with Gasteiger partial charge in [0.05, 0.1) is 0 Å². The number of allylic oxidation sites excluding steroid dienone is 1. The lowest BCUT2D eigenvalue weighted by atomic mass is 9.85. The average molecular weight is 365 g/mol. The maximum absolute atomic E-state index is 12.7. The number of nitrogens with two attached hydrogens (primary N) is 1. The van der Waals surface area contributed by atoms with Crippen LogP contribution in [0, 0.1) is 5.92 Å². The van der Waals surface area contributed by atoms with Crippen molar-refractivity contribution in [1.29, 1.82) is 0 Å². The Bertz CT molecular complexity index is 791. The largest absolute Gasteiger partial charge is 0.460 e. The van der Waals surface area contributed by atoms with Crippen molar-refractivity contribution in [2.75, 3.05) is 13.1 Å². The van der Waals surface area contributed by atoms with Crippen LogP contribution in [0.15, 0.2) is 48.1 Å². The molecule has 10 heteroatoms. The van der Waals surface area contributed by atoms with Crippen LogP contribution in [0.5, 0.6) is 0 Å². The molecule has 9 nitrogen and oxygen atoms in total. The molecule has 25 heavy (non-hydrogen) atoms. The molecule has 0 saturated carbocycles. The summed E-state index contributed by atoms with van der Waals surface area (Å²) in [7, 11) is -4.04. The molecule has 2 rings (SSSR count). The fraction of sp³-hybridized carbons (Fsp3) is 0.400. The molecule has 2 N–H and O–H groups in total. The summed E-state index contributed by atoms with van der Waals surface area (Å²) < 4.78 is 29.6. The minimum atomic E-state index is -4.04. The van der Waals surface area contributed by atoms with Crippen molar-refractivity contribution in [3.63, 3.8) is 0 Å². The zero-order chi connectivity index (χ0) is 18.5. The number of esters is 1. The first-order chi connectivity index (χ1) is 11.8. The highest BCUT2D eigenvalue weighted by molar-refractivity contribution is 7.86. The van der Waals surface area contributed by atoms with Gasteiger partial charge in [-0.25, -0.2) is 5.14 Å². The predicted octanol–water partition coefficient (Wildman–Crippen LogP) is 1.49. The van der Waals surface area contributed by atoms with Gasteiger partial charge < -0.3 is 4.74 Å². The quantitative estimate of drug-likeness (QED) is 0.257. The summed E-state index contributed by atoms with van der Waals surface area (Å²) in [5.74, 6) is -1.39. The lowest BCUT2D eigenvalue weighted by Gasteiger charge is -2.26. The summed E-state index contributed by atoms with van der Waals surface area (Å²) in [6, 6.07) is 8.98. The van der Waals surface area contributed by atoms with E-state index in [9.17, 15) is 13.2 Å². The second-order valence-corrected chi connectivity index (χ2v) is 7.28. The summed E-state index contributed by atoms with van der Waals surface area (Å²) in [5.41, 5.74) is 8.01. The third kappa shape index (κ3) is 4.18. The van der Waals surface area contributed by atoms with Crippen LogP contribution in [0.25, 0.3) is 10.4 Å². The van der Waals surface area contributed by atoms with Gasteiger partial charge in [-0.15, -0.1) is 6.58 Å². The Morgan fingerprint density at radius 3 is 2.76 bits per heavy atom. The van der Waals surface area contributed by atoms with Gasteiger partial charge in [-0.2, -0.15) is 12.7 Å². The molecule has 0 spiro atoms. The molecule has 1 saturated heterocycles. The van der Waals surface area contributed by atoms with Gasteiger partial charge in [0.2, 0.25) is 0 Å². The van der Waals surface area contributed by atoms with Gasteiger partial charge in [-0.3, -0.25) is 4.79 Å². The normalized spacial score (nSPS) is 23.6. The summed E-state index contributed by atoms with van der Waals surface area (Å²) >= 11 is 0. The number of azide groups is 1. The van der Waals surface area contributed by atoms with Crippen molar-refractivity contribution in [2.24, 2.45) is 16.2 Å². The van der Waals surface area contributed by atoms with Crippen molar-refractivity contribution in [3.05, 3.63) is 59.0 Å². The SMILES string of the molecule is C=CC[C@@H]1CN(S(N)(=O)=O)C[C@]1(N=[N+]=[N-])C(=O)OCc1ccccc1. The molecule has 1 fully saturated rings. The molecular formula is C15H19N5O4S. The van der Waals surface area contributed by atoms with E-state index in [4.69, 9.17) is 15.4 Å². The number of carbonyl (C=O) groups excluding carboxylic acids is 1. The minimum absolute atomic E-state index is 0.0153. The average Bonchev–Trinajstić information content (AvgIpc) is 2.94. The van der Waals surface area contributed by atoms with Crippen LogP contribution in [-0.4, -0.2) is 37.3 Å². The van der Waals surface area contributed by atoms with Crippen LogP contribution in [0.1, 0.15) is 12.0 Å². The first-order valence-electron chi connectivity index (χ1n) is 7.49. The Balaban J connectivity index is 2.29. The first-order valence-corrected chi connectivity index (χ1v) is 9.00. The van der Waals surface area contributed by atoms with E-state index in [1.54, 1.807) is 24.3 Å². The zero-order valence-corrected chi connectivity index (χ0v) is 14.3. The molecule has 0 radical (unpaired) electrons. The van der Waals surface area contributed by atoms with Gasteiger partial charge in [0.15, 0.2) is 5.54 Å². The van der Waals surface area contributed by atoms with Gasteiger partial charge in [-0.1, -0.05) is 41.5 Å². The molecule has 0 aliphatic carbocycles. The van der Waals surface area contributed by atoms with Crippen LogP contribution >= 0.6 is 0 Å². The third-order valence-corrected chi connectivity index (χ3v) is 5.12. The fourth-order valence-corrected chi connectivity index (χ4v) is 3.60. The molecule has 0 bridgehead atoms. The number of benzene rings is 1. The zero-order valence-electron chi connectivity index (χ0n) is 13.5. The molecule has 1 aromatic rings. The minimum Gasteiger partial charge on any atom is -0.460 e. The molecule has 0 unspecified atom stereocenters. The van der Waals surface area contributed by atoms with E-state index in [0.717, 1.165) is 9.87 Å². The standard InChI is InChI=1S/C15H19N5O4S/c1-2-6-13-9-20(25(17,22)23)11-15(13,18-19-16)14(21)24-10-12-7-4-3-5-8-12/h2-5,7-8,13H,1,6,9-11H2,(H2,17,22,23)/t13-,15-/m1/s1. The second-order valence-electron chi connectivity index (χ2n) is 5.73. The Hall–Kier alpha value is -2.39. The van der Waals surface area contributed by atoms with Crippen LogP contribution in [0.3, 0.4) is 0 Å². The topological polar surface area (TPSA) is 138 Å². The van der Waals surface area contributed by atoms with Crippen molar-refractivity contribution >= 4 is 16.2 Å². The number of nitrogens with zero attached hydrogens (tertiary/aromatic N) is 4. The summed E-state index contributed by atoms with van der Waals surface area (Å²) in [5, 5.41) is 8.79. The second kappa shape index (κ2) is 7.66. The number of ether oxygens (including phenoxy) is 1. The Morgan fingerprint density at radius 1 is 1.52 bits per heavy atom. The molecule has 134 valence electrons. The number of hydrogen-bond donors (Lipinski definition) is 1. The van der Waals surface area contributed by atoms with E-state index in [1.807, 2.05) is 6.07 Å². The van der Waals surface area contributed by atoms with Crippen molar-refractivity contribution in [3.8, 4) is 0 Å². The Kier molecular flexibility index (Phi) is 5.81. The molecule has 0 aromatic heterocycles. The highest BCUT2D eigenvalue weighted by atomic mass is 32.2. The Labute approximate surface area is 145 Å². The van der Waals surface area contributed by atoms with Crippen LogP contribution < -0.4 is 5.14 Å². The maximum atomic E-state index is 12.7.